The quantitative estimate of drug-likeness (QED) is 0.0275. The summed E-state index contributed by atoms with van der Waals surface area (Å²) < 4.78 is 55.5. The fourth-order valence-corrected chi connectivity index (χ4v) is 7.38. The van der Waals surface area contributed by atoms with Crippen molar-refractivity contribution in [2.75, 3.05) is 57.2 Å². The van der Waals surface area contributed by atoms with Crippen molar-refractivity contribution in [3.63, 3.8) is 0 Å². The van der Waals surface area contributed by atoms with Crippen LogP contribution in [0.25, 0.3) is 33.1 Å². The second kappa shape index (κ2) is 22.8. The first kappa shape index (κ1) is 48.4. The summed E-state index contributed by atoms with van der Waals surface area (Å²) in [5.74, 6) is -2.56. The van der Waals surface area contributed by atoms with E-state index in [0.717, 1.165) is 64.8 Å². The molecule has 0 atom stereocenters. The molecule has 0 saturated carbocycles. The predicted octanol–water partition coefficient (Wildman–Crippen LogP) is 8.42. The van der Waals surface area contributed by atoms with Crippen molar-refractivity contribution >= 4 is 62.3 Å². The molecule has 1 aliphatic rings. The highest BCUT2D eigenvalue weighted by Gasteiger charge is 2.25. The van der Waals surface area contributed by atoms with Crippen LogP contribution >= 0.6 is 0 Å². The summed E-state index contributed by atoms with van der Waals surface area (Å²) in [6, 6.07) is 26.3. The zero-order chi connectivity index (χ0) is 48.9. The predicted molar refractivity (Wildman–Crippen MR) is 259 cm³/mol. The number of unbranched alkanes of at least 4 members (excludes halogenated alkanes) is 1. The third-order valence-corrected chi connectivity index (χ3v) is 10.9. The largest absolute Gasteiger partial charge is 0.497 e. The maximum Gasteiger partial charge on any atom is 0.349 e. The van der Waals surface area contributed by atoms with Gasteiger partial charge in [-0.1, -0.05) is 30.3 Å². The number of esters is 1. The van der Waals surface area contributed by atoms with Gasteiger partial charge in [-0.25, -0.2) is 33.5 Å². The van der Waals surface area contributed by atoms with Gasteiger partial charge in [0.2, 0.25) is 5.91 Å². The summed E-state index contributed by atoms with van der Waals surface area (Å²) in [7, 11) is 1.57. The molecule has 0 unspecified atom stereocenters. The second-order valence-corrected chi connectivity index (χ2v) is 16.2. The maximum atomic E-state index is 14.4. The van der Waals surface area contributed by atoms with Gasteiger partial charge in [-0.05, 0) is 105 Å². The number of nitrogens with one attached hydrogen (secondary N) is 4. The van der Waals surface area contributed by atoms with Crippen LogP contribution < -0.4 is 29.6 Å². The fourth-order valence-electron chi connectivity index (χ4n) is 7.38. The van der Waals surface area contributed by atoms with E-state index in [1.165, 1.54) is 12.5 Å². The number of amides is 1. The average Bonchev–Trinajstić information content (AvgIpc) is 3.98. The number of aryl methyl sites for hydroxylation is 2. The third kappa shape index (κ3) is 13.5. The molecule has 4 N–H and O–H groups in total. The second-order valence-electron chi connectivity index (χ2n) is 16.2. The highest BCUT2D eigenvalue weighted by molar-refractivity contribution is 6.01. The van der Waals surface area contributed by atoms with E-state index in [4.69, 9.17) is 23.7 Å². The van der Waals surface area contributed by atoms with Gasteiger partial charge in [0, 0.05) is 42.4 Å². The number of aromatic amines is 2. The number of hydrogen-bond acceptors (Lipinski definition) is 15. The minimum Gasteiger partial charge on any atom is -0.497 e. The molecule has 0 radical (unpaired) electrons. The lowest BCUT2D eigenvalue weighted by Gasteiger charge is -2.26. The molecular formula is C50H51F2N11O7. The number of morpholine rings is 1. The van der Waals surface area contributed by atoms with Gasteiger partial charge in [-0.3, -0.25) is 9.69 Å². The van der Waals surface area contributed by atoms with E-state index in [1.54, 1.807) is 37.4 Å². The molecule has 8 aromatic rings. The molecule has 0 spiro atoms. The number of alkyl halides is 2. The van der Waals surface area contributed by atoms with Gasteiger partial charge in [0.05, 0.1) is 48.6 Å². The summed E-state index contributed by atoms with van der Waals surface area (Å²) in [5, 5.41) is 6.42. The van der Waals surface area contributed by atoms with Gasteiger partial charge in [0.25, 0.3) is 17.9 Å². The van der Waals surface area contributed by atoms with Crippen molar-refractivity contribution in [2.45, 2.75) is 45.6 Å². The normalized spacial score (nSPS) is 13.0. The number of fused-ring (bicyclic) bond motifs is 3. The molecule has 3 aromatic carbocycles. The summed E-state index contributed by atoms with van der Waals surface area (Å²) in [6.07, 6.45) is 5.08. The van der Waals surface area contributed by atoms with Crippen LogP contribution in [0.3, 0.4) is 0 Å². The Morgan fingerprint density at radius 3 is 2.44 bits per heavy atom. The first-order valence-electron chi connectivity index (χ1n) is 22.5. The lowest BCUT2D eigenvalue weighted by Crippen LogP contribution is -2.36. The first-order chi connectivity index (χ1) is 33.9. The highest BCUT2D eigenvalue weighted by Crippen LogP contribution is 2.28. The van der Waals surface area contributed by atoms with Crippen molar-refractivity contribution in [2.24, 2.45) is 0 Å². The van der Waals surface area contributed by atoms with E-state index in [1.807, 2.05) is 68.4 Å². The smallest absolute Gasteiger partial charge is 0.349 e. The van der Waals surface area contributed by atoms with Crippen molar-refractivity contribution < 1.29 is 42.1 Å². The van der Waals surface area contributed by atoms with Crippen LogP contribution in [0.2, 0.25) is 0 Å². The first-order valence-corrected chi connectivity index (χ1v) is 22.5. The Morgan fingerprint density at radius 1 is 0.857 bits per heavy atom. The molecule has 1 saturated heterocycles. The molecule has 5 aromatic heterocycles. The number of imidazole rings is 2. The zero-order valence-corrected chi connectivity index (χ0v) is 38.7. The van der Waals surface area contributed by atoms with E-state index in [0.29, 0.717) is 78.6 Å². The summed E-state index contributed by atoms with van der Waals surface area (Å²) >= 11 is 0. The van der Waals surface area contributed by atoms with Crippen LogP contribution in [0.1, 0.15) is 36.1 Å². The van der Waals surface area contributed by atoms with Crippen molar-refractivity contribution in [3.05, 3.63) is 126 Å². The van der Waals surface area contributed by atoms with E-state index in [-0.39, 0.29) is 24.9 Å². The molecule has 362 valence electrons. The maximum absolute atomic E-state index is 14.4. The number of ether oxygens (including phenoxy) is 5. The van der Waals surface area contributed by atoms with Crippen LogP contribution in [-0.4, -0.2) is 109 Å². The molecule has 18 nitrogen and oxygen atoms in total. The molecule has 1 amide bonds. The number of H-pyrrole nitrogens is 2. The number of carbonyl (C=O) groups excluding carboxylic acids is 2. The Morgan fingerprint density at radius 2 is 1.64 bits per heavy atom. The number of nitrogens with zero attached hydrogens (tertiary/aromatic N) is 7. The highest BCUT2D eigenvalue weighted by atomic mass is 19.3. The van der Waals surface area contributed by atoms with Gasteiger partial charge in [-0.15, -0.1) is 0 Å². The number of rotatable bonds is 18. The minimum absolute atomic E-state index is 0.179. The molecule has 1 fully saturated rings. The van der Waals surface area contributed by atoms with Crippen molar-refractivity contribution in [1.29, 1.82) is 0 Å². The van der Waals surface area contributed by atoms with Crippen LogP contribution in [-0.2, 0) is 20.9 Å². The Labute approximate surface area is 400 Å². The summed E-state index contributed by atoms with van der Waals surface area (Å²) in [4.78, 5) is 58.6. The van der Waals surface area contributed by atoms with Gasteiger partial charge in [0.1, 0.15) is 36.1 Å². The van der Waals surface area contributed by atoms with E-state index < -0.39 is 17.8 Å². The Balaban J connectivity index is 0.000000230. The van der Waals surface area contributed by atoms with E-state index in [2.05, 4.69) is 55.4 Å². The van der Waals surface area contributed by atoms with Gasteiger partial charge >= 0.3 is 5.97 Å². The summed E-state index contributed by atoms with van der Waals surface area (Å²) in [5.41, 5.74) is 7.04. The third-order valence-electron chi connectivity index (χ3n) is 10.9. The molecular weight excluding hydrogens is 905 g/mol. The van der Waals surface area contributed by atoms with E-state index >= 15 is 0 Å². The van der Waals surface area contributed by atoms with Crippen molar-refractivity contribution in [3.8, 4) is 23.5 Å². The van der Waals surface area contributed by atoms with Crippen LogP contribution in [0.4, 0.5) is 26.1 Å². The summed E-state index contributed by atoms with van der Waals surface area (Å²) in [6.45, 7) is 7.77. The van der Waals surface area contributed by atoms with Crippen molar-refractivity contribution in [1.82, 2.24) is 44.8 Å². The van der Waals surface area contributed by atoms with E-state index in [9.17, 15) is 18.4 Å². The van der Waals surface area contributed by atoms with Gasteiger partial charge < -0.3 is 44.3 Å². The number of hydrogen-bond donors (Lipinski definition) is 4. The average molecular weight is 956 g/mol. The lowest BCUT2D eigenvalue weighted by molar-refractivity contribution is -0.136. The molecule has 20 heteroatoms. The standard InChI is InChI=1S/C33H34F2N8O3.C17H17N3O4/c34-33(35,11-4-5-13-43-14-16-45-17-15-43)12-10-30(44)42-29-19-25-28(20-36-29)37-22-38-31(25)39-24-8-9-26-27(18-24)41-32(40-26)46-21-23-6-2-1-3-7-23;1-10-8-11(2)18-16-15(10)19-17(20-16)23-9-14(21)24-13-6-4-12(22-3)5-7-13/h1-3,6-10,12,18-20,22H,4-5,11,13-17,21H2,(H,40,41)(H,36,42,44)(H,37,38,39);4-8H,9H2,1-3H3,(H,18,19,20)/b12-10+;. The number of carbonyl (C=O) groups is 2. The van der Waals surface area contributed by atoms with Crippen LogP contribution in [0, 0.1) is 13.8 Å². The Bertz CT molecular complexity index is 3070. The topological polar surface area (TPSA) is 217 Å². The monoisotopic (exact) mass is 955 g/mol. The number of aromatic nitrogens is 8. The Kier molecular flexibility index (Phi) is 15.8. The fraction of sp³-hybridized carbons (Fsp3) is 0.280. The minimum atomic E-state index is -3.09. The molecule has 1 aliphatic heterocycles. The number of benzene rings is 3. The molecule has 0 aliphatic carbocycles. The number of halogens is 2. The molecule has 6 heterocycles. The van der Waals surface area contributed by atoms with Crippen LogP contribution in [0.15, 0.2) is 110 Å². The number of pyridine rings is 2. The van der Waals surface area contributed by atoms with Gasteiger partial charge in [0.15, 0.2) is 12.3 Å². The Hall–Kier alpha value is -8.10. The molecule has 70 heavy (non-hydrogen) atoms. The van der Waals surface area contributed by atoms with Gasteiger partial charge in [-0.2, -0.15) is 9.97 Å². The zero-order valence-electron chi connectivity index (χ0n) is 38.7. The number of allylic oxidation sites excluding steroid dienone is 1. The van der Waals surface area contributed by atoms with Crippen LogP contribution in [0.5, 0.6) is 23.5 Å². The number of methoxy groups -OCH3 is 1. The molecule has 0 bridgehead atoms. The SMILES string of the molecule is COc1ccc(OC(=O)COc2nc3nc(C)cc(C)c3[nH]2)cc1.O=C(/C=C/C(F)(F)CCCCN1CCOCC1)Nc1cc2c(Nc3ccc4nc(OCc5ccccc5)[nH]c4c3)ncnc2cn1. The molecule has 9 rings (SSSR count). The lowest BCUT2D eigenvalue weighted by atomic mass is 10.1. The number of anilines is 3.